The SMILES string of the molecule is CCc1ccc2c(c1)[C@]1(N[C@@H](CCC(=O)O)[C@H]3C(=O)N(Cc4ccc5c(c4)OCO5)C(=O)[C@@H]31)C(=O)N2. The van der Waals surface area contributed by atoms with Gasteiger partial charge < -0.3 is 19.9 Å². The molecule has 2 fully saturated rings. The van der Waals surface area contributed by atoms with Crippen LogP contribution in [-0.4, -0.2) is 46.5 Å². The van der Waals surface area contributed by atoms with Crippen molar-refractivity contribution >= 4 is 29.4 Å². The van der Waals surface area contributed by atoms with Crippen LogP contribution in [0.15, 0.2) is 36.4 Å². The Morgan fingerprint density at radius 2 is 1.86 bits per heavy atom. The number of aryl methyl sites for hydroxylation is 1. The van der Waals surface area contributed by atoms with E-state index < -0.39 is 47.1 Å². The second kappa shape index (κ2) is 8.06. The molecule has 0 radical (unpaired) electrons. The van der Waals surface area contributed by atoms with Gasteiger partial charge in [0.1, 0.15) is 5.54 Å². The molecule has 0 aromatic heterocycles. The highest BCUT2D eigenvalue weighted by molar-refractivity contribution is 6.15. The molecule has 186 valence electrons. The van der Waals surface area contributed by atoms with E-state index in [9.17, 15) is 24.3 Å². The number of nitrogens with zero attached hydrogens (tertiary/aromatic N) is 1. The van der Waals surface area contributed by atoms with Crippen LogP contribution in [0.5, 0.6) is 11.5 Å². The van der Waals surface area contributed by atoms with Gasteiger partial charge in [0.2, 0.25) is 24.5 Å². The van der Waals surface area contributed by atoms with E-state index in [4.69, 9.17) is 9.47 Å². The number of carbonyl (C=O) groups is 4. The fraction of sp³-hybridized carbons (Fsp3) is 0.385. The molecule has 1 spiro atoms. The molecule has 4 aliphatic heterocycles. The lowest BCUT2D eigenvalue weighted by Gasteiger charge is -2.29. The molecule has 4 atom stereocenters. The van der Waals surface area contributed by atoms with Crippen LogP contribution in [0.3, 0.4) is 0 Å². The van der Waals surface area contributed by atoms with Crippen LogP contribution in [0, 0.1) is 11.8 Å². The molecule has 6 rings (SSSR count). The highest BCUT2D eigenvalue weighted by atomic mass is 16.7. The molecular formula is C26H25N3O7. The smallest absolute Gasteiger partial charge is 0.303 e. The van der Waals surface area contributed by atoms with Crippen LogP contribution in [0.2, 0.25) is 0 Å². The fourth-order valence-electron chi connectivity index (χ4n) is 6.03. The third-order valence-corrected chi connectivity index (χ3v) is 7.73. The number of rotatable bonds is 6. The van der Waals surface area contributed by atoms with Crippen molar-refractivity contribution in [1.29, 1.82) is 0 Å². The lowest BCUT2D eigenvalue weighted by Crippen LogP contribution is -2.53. The minimum atomic E-state index is -1.44. The normalized spacial score (nSPS) is 27.5. The number of hydrogen-bond acceptors (Lipinski definition) is 7. The predicted molar refractivity (Wildman–Crippen MR) is 125 cm³/mol. The molecule has 4 aliphatic rings. The molecule has 2 saturated heterocycles. The summed E-state index contributed by atoms with van der Waals surface area (Å²) in [6, 6.07) is 10.2. The van der Waals surface area contributed by atoms with Crippen LogP contribution in [0.4, 0.5) is 5.69 Å². The van der Waals surface area contributed by atoms with Gasteiger partial charge in [-0.3, -0.25) is 29.4 Å². The highest BCUT2D eigenvalue weighted by Gasteiger charge is 2.70. The molecule has 10 nitrogen and oxygen atoms in total. The van der Waals surface area contributed by atoms with Crippen molar-refractivity contribution in [3.05, 3.63) is 53.1 Å². The summed E-state index contributed by atoms with van der Waals surface area (Å²) < 4.78 is 10.8. The maximum Gasteiger partial charge on any atom is 0.303 e. The minimum absolute atomic E-state index is 0.0204. The van der Waals surface area contributed by atoms with E-state index in [1.165, 1.54) is 4.90 Å². The lowest BCUT2D eigenvalue weighted by molar-refractivity contribution is -0.144. The maximum absolute atomic E-state index is 13.9. The Labute approximate surface area is 206 Å². The van der Waals surface area contributed by atoms with Crippen molar-refractivity contribution in [2.45, 2.75) is 44.3 Å². The topological polar surface area (TPSA) is 134 Å². The number of carbonyl (C=O) groups excluding carboxylic acids is 3. The van der Waals surface area contributed by atoms with Gasteiger partial charge in [-0.2, -0.15) is 0 Å². The van der Waals surface area contributed by atoms with Gasteiger partial charge in [-0.15, -0.1) is 0 Å². The summed E-state index contributed by atoms with van der Waals surface area (Å²) in [6.07, 6.45) is 0.659. The predicted octanol–water partition coefficient (Wildman–Crippen LogP) is 1.76. The molecule has 10 heteroatoms. The van der Waals surface area contributed by atoms with Gasteiger partial charge >= 0.3 is 5.97 Å². The molecule has 4 heterocycles. The number of fused-ring (bicyclic) bond motifs is 5. The van der Waals surface area contributed by atoms with Crippen LogP contribution in [0.1, 0.15) is 36.5 Å². The van der Waals surface area contributed by atoms with Crippen molar-refractivity contribution < 1.29 is 33.8 Å². The summed E-state index contributed by atoms with van der Waals surface area (Å²) in [4.78, 5) is 53.7. The van der Waals surface area contributed by atoms with Gasteiger partial charge in [-0.05, 0) is 42.2 Å². The molecule has 0 unspecified atom stereocenters. The average molecular weight is 492 g/mol. The first-order valence-corrected chi connectivity index (χ1v) is 12.0. The summed E-state index contributed by atoms with van der Waals surface area (Å²) in [5, 5.41) is 15.5. The Kier molecular flexibility index (Phi) is 5.04. The van der Waals surface area contributed by atoms with Crippen molar-refractivity contribution in [1.82, 2.24) is 10.2 Å². The molecule has 3 N–H and O–H groups in total. The van der Waals surface area contributed by atoms with E-state index in [-0.39, 0.29) is 26.2 Å². The molecule has 2 aromatic rings. The Morgan fingerprint density at radius 1 is 1.08 bits per heavy atom. The molecule has 0 bridgehead atoms. The van der Waals surface area contributed by atoms with Gasteiger partial charge in [0.25, 0.3) is 0 Å². The first-order valence-electron chi connectivity index (χ1n) is 12.0. The number of imide groups is 1. The summed E-state index contributed by atoms with van der Waals surface area (Å²) in [7, 11) is 0. The Bertz CT molecular complexity index is 1320. The van der Waals surface area contributed by atoms with E-state index in [0.29, 0.717) is 28.3 Å². The highest BCUT2D eigenvalue weighted by Crippen LogP contribution is 2.54. The van der Waals surface area contributed by atoms with Crippen LogP contribution < -0.4 is 20.1 Å². The van der Waals surface area contributed by atoms with E-state index in [2.05, 4.69) is 10.6 Å². The standard InChI is InChI=1S/C26H25N3O7/c1-2-13-3-5-16-15(9-13)26(25(34)27-16)22-21(17(28-26)6-8-20(30)31)23(32)29(24(22)33)11-14-4-7-18-19(10-14)36-12-35-18/h3-5,7,9-10,17,21-22,28H,2,6,8,11-12H2,1H3,(H,27,34)(H,30,31)/t17-,21+,22+,26+/m0/s1. The van der Waals surface area contributed by atoms with E-state index >= 15 is 0 Å². The number of likely N-dealkylation sites (tertiary alicyclic amines) is 1. The third kappa shape index (κ3) is 3.13. The number of ether oxygens (including phenoxy) is 2. The van der Waals surface area contributed by atoms with Gasteiger partial charge in [-0.25, -0.2) is 0 Å². The monoisotopic (exact) mass is 491 g/mol. The van der Waals surface area contributed by atoms with Crippen LogP contribution >= 0.6 is 0 Å². The second-order valence-electron chi connectivity index (χ2n) is 9.63. The first kappa shape index (κ1) is 22.5. The van der Waals surface area contributed by atoms with E-state index in [1.807, 2.05) is 25.1 Å². The number of nitrogens with one attached hydrogen (secondary N) is 2. The van der Waals surface area contributed by atoms with Gasteiger partial charge in [0, 0.05) is 23.7 Å². The number of aliphatic carboxylic acids is 1. The van der Waals surface area contributed by atoms with E-state index in [1.54, 1.807) is 18.2 Å². The number of carboxylic acid groups (broad SMARTS) is 1. The lowest BCUT2D eigenvalue weighted by atomic mass is 9.76. The van der Waals surface area contributed by atoms with Gasteiger partial charge in [-0.1, -0.05) is 25.1 Å². The molecule has 3 amide bonds. The number of amides is 3. The van der Waals surface area contributed by atoms with Crippen molar-refractivity contribution in [2.75, 3.05) is 12.1 Å². The maximum atomic E-state index is 13.9. The average Bonchev–Trinajstić information content (AvgIpc) is 3.59. The van der Waals surface area contributed by atoms with Crippen LogP contribution in [-0.2, 0) is 37.7 Å². The second-order valence-corrected chi connectivity index (χ2v) is 9.63. The van der Waals surface area contributed by atoms with Crippen molar-refractivity contribution in [3.63, 3.8) is 0 Å². The number of hydrogen-bond donors (Lipinski definition) is 3. The Morgan fingerprint density at radius 3 is 2.64 bits per heavy atom. The summed E-state index contributed by atoms with van der Waals surface area (Å²) in [5.41, 5.74) is 1.47. The molecule has 36 heavy (non-hydrogen) atoms. The summed E-state index contributed by atoms with van der Waals surface area (Å²) in [6.45, 7) is 2.13. The van der Waals surface area contributed by atoms with E-state index in [0.717, 1.165) is 12.0 Å². The summed E-state index contributed by atoms with van der Waals surface area (Å²) >= 11 is 0. The Hall–Kier alpha value is -3.92. The third-order valence-electron chi connectivity index (χ3n) is 7.73. The number of anilines is 1. The molecular weight excluding hydrogens is 466 g/mol. The largest absolute Gasteiger partial charge is 0.481 e. The van der Waals surface area contributed by atoms with Crippen molar-refractivity contribution in [2.24, 2.45) is 11.8 Å². The Balaban J connectivity index is 1.41. The minimum Gasteiger partial charge on any atom is -0.481 e. The zero-order valence-corrected chi connectivity index (χ0v) is 19.6. The first-order chi connectivity index (χ1) is 17.3. The zero-order valence-electron chi connectivity index (χ0n) is 19.6. The fourth-order valence-corrected chi connectivity index (χ4v) is 6.03. The van der Waals surface area contributed by atoms with Gasteiger partial charge in [0.05, 0.1) is 18.4 Å². The molecule has 0 saturated carbocycles. The van der Waals surface area contributed by atoms with Crippen LogP contribution in [0.25, 0.3) is 0 Å². The number of carboxylic acids is 1. The molecule has 0 aliphatic carbocycles. The zero-order chi connectivity index (χ0) is 25.2. The summed E-state index contributed by atoms with van der Waals surface area (Å²) in [5.74, 6) is -2.96. The van der Waals surface area contributed by atoms with Crippen molar-refractivity contribution in [3.8, 4) is 11.5 Å². The molecule has 2 aromatic carbocycles. The van der Waals surface area contributed by atoms with Gasteiger partial charge in [0.15, 0.2) is 11.5 Å². The quantitative estimate of drug-likeness (QED) is 0.521. The number of benzene rings is 2.